The highest BCUT2D eigenvalue weighted by molar-refractivity contribution is 7.98. The number of hydrogen-bond donors (Lipinski definition) is 2. The number of hydrogen-bond acceptors (Lipinski definition) is 4. The number of urea groups is 1. The van der Waals surface area contributed by atoms with Gasteiger partial charge in [-0.05, 0) is 6.26 Å². The monoisotopic (exact) mass is 192 g/mol. The number of aliphatic hydroxyl groups is 1. The molecule has 0 heterocycles. The molecule has 6 heteroatoms. The summed E-state index contributed by atoms with van der Waals surface area (Å²) in [5.41, 5.74) is 4.90. The summed E-state index contributed by atoms with van der Waals surface area (Å²) in [4.78, 5) is 22.3. The van der Waals surface area contributed by atoms with E-state index in [1.807, 2.05) is 6.26 Å². The molecule has 0 aliphatic rings. The predicted molar refractivity (Wildman–Crippen MR) is 46.8 cm³/mol. The molecule has 0 aromatic rings. The molecule has 0 aromatic carbocycles. The van der Waals surface area contributed by atoms with Gasteiger partial charge in [-0.3, -0.25) is 9.69 Å². The lowest BCUT2D eigenvalue weighted by atomic mass is 10.5. The first kappa shape index (κ1) is 11.2. The van der Waals surface area contributed by atoms with E-state index in [9.17, 15) is 9.59 Å². The van der Waals surface area contributed by atoms with Gasteiger partial charge in [-0.2, -0.15) is 11.8 Å². The van der Waals surface area contributed by atoms with Gasteiger partial charge in [-0.1, -0.05) is 0 Å². The van der Waals surface area contributed by atoms with E-state index < -0.39 is 18.5 Å². The second-order valence-electron chi connectivity index (χ2n) is 2.03. The van der Waals surface area contributed by atoms with Gasteiger partial charge >= 0.3 is 6.03 Å². The van der Waals surface area contributed by atoms with Gasteiger partial charge < -0.3 is 10.8 Å². The lowest BCUT2D eigenvalue weighted by molar-refractivity contribution is -0.130. The molecule has 5 nitrogen and oxygen atoms in total. The Labute approximate surface area is 74.9 Å². The van der Waals surface area contributed by atoms with Crippen LogP contribution in [0.3, 0.4) is 0 Å². The van der Waals surface area contributed by atoms with E-state index >= 15 is 0 Å². The standard InChI is InChI=1S/C6H12N2O3S/c1-12-3-2-8(6(7)11)5(10)4-9/h9H,2-4H2,1H3,(H2,7,11). The number of nitrogens with two attached hydrogens (primary N) is 1. The highest BCUT2D eigenvalue weighted by Crippen LogP contribution is 1.95. The highest BCUT2D eigenvalue weighted by atomic mass is 32.2. The maximum absolute atomic E-state index is 10.8. The molecule has 0 aromatic heterocycles. The molecule has 0 aliphatic carbocycles. The van der Waals surface area contributed by atoms with Crippen molar-refractivity contribution in [1.29, 1.82) is 0 Å². The zero-order chi connectivity index (χ0) is 9.56. The first-order valence-corrected chi connectivity index (χ1v) is 4.72. The summed E-state index contributed by atoms with van der Waals surface area (Å²) in [6.07, 6.45) is 1.85. The van der Waals surface area contributed by atoms with Gasteiger partial charge in [0.1, 0.15) is 6.61 Å². The second kappa shape index (κ2) is 5.84. The number of amides is 3. The van der Waals surface area contributed by atoms with Crippen molar-refractivity contribution >= 4 is 23.7 Å². The van der Waals surface area contributed by atoms with Gasteiger partial charge in [0, 0.05) is 12.3 Å². The molecule has 0 saturated heterocycles. The number of primary amides is 1. The molecule has 0 fully saturated rings. The third-order valence-corrected chi connectivity index (χ3v) is 1.81. The molecule has 70 valence electrons. The Morgan fingerprint density at radius 3 is 2.50 bits per heavy atom. The van der Waals surface area contributed by atoms with E-state index in [4.69, 9.17) is 10.8 Å². The number of carbonyl (C=O) groups excluding carboxylic acids is 2. The summed E-state index contributed by atoms with van der Waals surface area (Å²) in [6, 6.07) is -0.817. The van der Waals surface area contributed by atoms with E-state index in [1.54, 1.807) is 0 Å². The van der Waals surface area contributed by atoms with E-state index in [1.165, 1.54) is 11.8 Å². The third kappa shape index (κ3) is 3.59. The van der Waals surface area contributed by atoms with Crippen molar-refractivity contribution in [3.8, 4) is 0 Å². The van der Waals surface area contributed by atoms with Crippen LogP contribution in [0.15, 0.2) is 0 Å². The van der Waals surface area contributed by atoms with E-state index in [0.29, 0.717) is 5.75 Å². The number of imide groups is 1. The highest BCUT2D eigenvalue weighted by Gasteiger charge is 2.16. The Morgan fingerprint density at radius 2 is 2.17 bits per heavy atom. The summed E-state index contributed by atoms with van der Waals surface area (Å²) < 4.78 is 0. The summed E-state index contributed by atoms with van der Waals surface area (Å²) in [5.74, 6) is -0.0362. The van der Waals surface area contributed by atoms with Crippen molar-refractivity contribution in [2.24, 2.45) is 5.73 Å². The molecule has 0 rings (SSSR count). The fourth-order valence-electron chi connectivity index (χ4n) is 0.626. The van der Waals surface area contributed by atoms with Gasteiger partial charge in [0.05, 0.1) is 0 Å². The van der Waals surface area contributed by atoms with Crippen molar-refractivity contribution in [2.75, 3.05) is 25.2 Å². The summed E-state index contributed by atoms with van der Waals surface area (Å²) in [5, 5.41) is 8.45. The molecule has 12 heavy (non-hydrogen) atoms. The van der Waals surface area contributed by atoms with Crippen molar-refractivity contribution in [1.82, 2.24) is 4.90 Å². The minimum absolute atomic E-state index is 0.246. The molecule has 3 amide bonds. The molecule has 0 radical (unpaired) electrons. The maximum Gasteiger partial charge on any atom is 0.321 e. The van der Waals surface area contributed by atoms with Gasteiger partial charge in [0.15, 0.2) is 0 Å². The Balaban J connectivity index is 4.04. The average molecular weight is 192 g/mol. The number of thioether (sulfide) groups is 1. The van der Waals surface area contributed by atoms with Gasteiger partial charge in [-0.15, -0.1) is 0 Å². The van der Waals surface area contributed by atoms with Crippen LogP contribution in [0, 0.1) is 0 Å². The number of aliphatic hydroxyl groups excluding tert-OH is 1. The Hall–Kier alpha value is -0.750. The molecule has 0 aliphatic heterocycles. The van der Waals surface area contributed by atoms with Crippen LogP contribution in [0.25, 0.3) is 0 Å². The average Bonchev–Trinajstić information content (AvgIpc) is 2.04. The maximum atomic E-state index is 10.8. The van der Waals surface area contributed by atoms with Crippen LogP contribution >= 0.6 is 11.8 Å². The van der Waals surface area contributed by atoms with Crippen molar-refractivity contribution in [3.05, 3.63) is 0 Å². The van der Waals surface area contributed by atoms with Crippen LogP contribution in [0.2, 0.25) is 0 Å². The first-order valence-electron chi connectivity index (χ1n) is 3.33. The Morgan fingerprint density at radius 1 is 1.58 bits per heavy atom. The zero-order valence-electron chi connectivity index (χ0n) is 6.82. The van der Waals surface area contributed by atoms with Gasteiger partial charge in [0.25, 0.3) is 5.91 Å². The van der Waals surface area contributed by atoms with E-state index in [-0.39, 0.29) is 6.54 Å². The second-order valence-corrected chi connectivity index (χ2v) is 3.02. The number of nitrogens with zero attached hydrogens (tertiary/aromatic N) is 1. The Kier molecular flexibility index (Phi) is 5.48. The third-order valence-electron chi connectivity index (χ3n) is 1.22. The SMILES string of the molecule is CSCCN(C(N)=O)C(=O)CO. The first-order chi connectivity index (χ1) is 5.63. The normalized spacial score (nSPS) is 9.50. The smallest absolute Gasteiger partial charge is 0.321 e. The summed E-state index contributed by atoms with van der Waals surface area (Å²) >= 11 is 1.49. The zero-order valence-corrected chi connectivity index (χ0v) is 7.63. The minimum Gasteiger partial charge on any atom is -0.387 e. The molecule has 0 bridgehead atoms. The topological polar surface area (TPSA) is 83.6 Å². The molecular formula is C6H12N2O3S. The fraction of sp³-hybridized carbons (Fsp3) is 0.667. The molecule has 0 unspecified atom stereocenters. The molecule has 0 atom stereocenters. The Bertz CT molecular complexity index is 174. The van der Waals surface area contributed by atoms with Gasteiger partial charge in [0.2, 0.25) is 0 Å². The van der Waals surface area contributed by atoms with Crippen LogP contribution in [-0.4, -0.2) is 47.1 Å². The van der Waals surface area contributed by atoms with Crippen molar-refractivity contribution in [3.63, 3.8) is 0 Å². The largest absolute Gasteiger partial charge is 0.387 e. The van der Waals surface area contributed by atoms with Crippen LogP contribution in [-0.2, 0) is 4.79 Å². The molecular weight excluding hydrogens is 180 g/mol. The molecule has 0 saturated carbocycles. The van der Waals surface area contributed by atoms with E-state index in [2.05, 4.69) is 0 Å². The van der Waals surface area contributed by atoms with E-state index in [0.717, 1.165) is 4.90 Å². The lowest BCUT2D eigenvalue weighted by Gasteiger charge is -2.15. The predicted octanol–water partition coefficient (Wildman–Crippen LogP) is -0.751. The molecule has 3 N–H and O–H groups in total. The number of rotatable bonds is 4. The quantitative estimate of drug-likeness (QED) is 0.614. The van der Waals surface area contributed by atoms with Crippen LogP contribution in [0.4, 0.5) is 4.79 Å². The van der Waals surface area contributed by atoms with Crippen molar-refractivity contribution in [2.45, 2.75) is 0 Å². The fourth-order valence-corrected chi connectivity index (χ4v) is 0.991. The summed E-state index contributed by atoms with van der Waals surface area (Å²) in [7, 11) is 0. The van der Waals surface area contributed by atoms with Crippen LogP contribution in [0.5, 0.6) is 0 Å². The van der Waals surface area contributed by atoms with Crippen LogP contribution < -0.4 is 5.73 Å². The molecule has 0 spiro atoms. The van der Waals surface area contributed by atoms with Gasteiger partial charge in [-0.25, -0.2) is 4.79 Å². The summed E-state index contributed by atoms with van der Waals surface area (Å²) in [6.45, 7) is -0.437. The van der Waals surface area contributed by atoms with Crippen molar-refractivity contribution < 1.29 is 14.7 Å². The minimum atomic E-state index is -0.817. The lowest BCUT2D eigenvalue weighted by Crippen LogP contribution is -2.43. The van der Waals surface area contributed by atoms with Crippen LogP contribution in [0.1, 0.15) is 0 Å². The number of carbonyl (C=O) groups is 2.